The summed E-state index contributed by atoms with van der Waals surface area (Å²) in [6.45, 7) is 2.13. The smallest absolute Gasteiger partial charge is 0.0570 e. The normalized spacial score (nSPS) is 11.8. The van der Waals surface area contributed by atoms with E-state index in [1.54, 1.807) is 6.20 Å². The molecule has 0 aliphatic carbocycles. The molecule has 1 aromatic heterocycles. The van der Waals surface area contributed by atoms with Gasteiger partial charge in [-0.3, -0.25) is 4.98 Å². The van der Waals surface area contributed by atoms with Crippen molar-refractivity contribution in [2.24, 2.45) is 5.73 Å². The van der Waals surface area contributed by atoms with E-state index in [9.17, 15) is 0 Å². The Balaban J connectivity index is 0.00000121. The molecule has 0 radical (unpaired) electrons. The van der Waals surface area contributed by atoms with Gasteiger partial charge in [0.15, 0.2) is 0 Å². The van der Waals surface area contributed by atoms with Gasteiger partial charge >= 0.3 is 0 Å². The molecular formula is C9H17N3. The summed E-state index contributed by atoms with van der Waals surface area (Å²) in [6.07, 6.45) is 3.90. The number of nitrogens with zero attached hydrogens (tertiary/aromatic N) is 1. The minimum absolute atomic E-state index is 0. The van der Waals surface area contributed by atoms with Crippen LogP contribution in [0.3, 0.4) is 0 Å². The second-order valence-electron chi connectivity index (χ2n) is 2.65. The van der Waals surface area contributed by atoms with E-state index in [-0.39, 0.29) is 12.2 Å². The van der Waals surface area contributed by atoms with Crippen LogP contribution in [0, 0.1) is 0 Å². The predicted octanol–water partition coefficient (Wildman–Crippen LogP) is 2.04. The first kappa shape index (κ1) is 11.1. The Labute approximate surface area is 73.6 Å². The van der Waals surface area contributed by atoms with E-state index in [0.29, 0.717) is 0 Å². The van der Waals surface area contributed by atoms with Gasteiger partial charge in [-0.25, -0.2) is 0 Å². The summed E-state index contributed by atoms with van der Waals surface area (Å²) in [7, 11) is 0. The van der Waals surface area contributed by atoms with Gasteiger partial charge in [0.1, 0.15) is 0 Å². The summed E-state index contributed by atoms with van der Waals surface area (Å²) >= 11 is 0. The van der Waals surface area contributed by atoms with Crippen molar-refractivity contribution in [3.05, 3.63) is 30.1 Å². The zero-order valence-corrected chi connectivity index (χ0v) is 7.53. The third-order valence-electron chi connectivity index (χ3n) is 1.67. The van der Waals surface area contributed by atoms with Gasteiger partial charge in [0.2, 0.25) is 0 Å². The van der Waals surface area contributed by atoms with Crippen molar-refractivity contribution in [3.63, 3.8) is 0 Å². The van der Waals surface area contributed by atoms with Crippen LogP contribution in [0.4, 0.5) is 0 Å². The Morgan fingerprint density at radius 3 is 2.75 bits per heavy atom. The van der Waals surface area contributed by atoms with Crippen molar-refractivity contribution in [3.8, 4) is 0 Å². The molecular weight excluding hydrogens is 150 g/mol. The van der Waals surface area contributed by atoms with Gasteiger partial charge in [-0.05, 0) is 18.6 Å². The summed E-state index contributed by atoms with van der Waals surface area (Å²) in [5.41, 5.74) is 6.84. The highest BCUT2D eigenvalue weighted by Crippen LogP contribution is 2.11. The van der Waals surface area contributed by atoms with E-state index in [4.69, 9.17) is 5.73 Å². The van der Waals surface area contributed by atoms with Gasteiger partial charge in [0, 0.05) is 12.2 Å². The minimum atomic E-state index is 0. The van der Waals surface area contributed by atoms with Crippen LogP contribution in [-0.2, 0) is 0 Å². The Hall–Kier alpha value is -0.930. The van der Waals surface area contributed by atoms with Crippen LogP contribution in [0.25, 0.3) is 0 Å². The highest BCUT2D eigenvalue weighted by atomic mass is 14.8. The van der Waals surface area contributed by atoms with Gasteiger partial charge in [-0.2, -0.15) is 0 Å². The first-order valence-corrected chi connectivity index (χ1v) is 4.01. The Kier molecular flexibility index (Phi) is 5.25. The van der Waals surface area contributed by atoms with Crippen molar-refractivity contribution < 1.29 is 0 Å². The molecule has 5 N–H and O–H groups in total. The summed E-state index contributed by atoms with van der Waals surface area (Å²) in [5.74, 6) is 0. The summed E-state index contributed by atoms with van der Waals surface area (Å²) in [4.78, 5) is 4.17. The van der Waals surface area contributed by atoms with Crippen LogP contribution >= 0.6 is 0 Å². The van der Waals surface area contributed by atoms with Crippen LogP contribution in [0.2, 0.25) is 0 Å². The van der Waals surface area contributed by atoms with Crippen LogP contribution in [0.15, 0.2) is 24.4 Å². The highest BCUT2D eigenvalue weighted by molar-refractivity contribution is 5.07. The van der Waals surface area contributed by atoms with Crippen molar-refractivity contribution >= 4 is 0 Å². The van der Waals surface area contributed by atoms with Crippen molar-refractivity contribution in [2.75, 3.05) is 0 Å². The Bertz CT molecular complexity index is 198. The van der Waals surface area contributed by atoms with E-state index in [2.05, 4.69) is 11.9 Å². The number of rotatable bonds is 3. The van der Waals surface area contributed by atoms with Gasteiger partial charge in [0.25, 0.3) is 0 Å². The summed E-state index contributed by atoms with van der Waals surface area (Å²) in [6, 6.07) is 5.96. The largest absolute Gasteiger partial charge is 0.344 e. The molecule has 1 rings (SSSR count). The van der Waals surface area contributed by atoms with E-state index in [0.717, 1.165) is 18.5 Å². The molecule has 0 saturated heterocycles. The molecule has 0 amide bonds. The summed E-state index contributed by atoms with van der Waals surface area (Å²) in [5, 5.41) is 0. The lowest BCUT2D eigenvalue weighted by Crippen LogP contribution is -2.10. The minimum Gasteiger partial charge on any atom is -0.344 e. The van der Waals surface area contributed by atoms with Crippen molar-refractivity contribution in [2.45, 2.75) is 25.8 Å². The van der Waals surface area contributed by atoms with Gasteiger partial charge in [-0.15, -0.1) is 0 Å². The van der Waals surface area contributed by atoms with Crippen LogP contribution in [0.5, 0.6) is 0 Å². The zero-order chi connectivity index (χ0) is 8.10. The average molecular weight is 167 g/mol. The molecule has 12 heavy (non-hydrogen) atoms. The molecule has 0 aliphatic heterocycles. The standard InChI is InChI=1S/C9H14N2.H3N/c1-2-5-8(10)9-6-3-4-7-11-9;/h3-4,6-8H,2,5,10H2,1H3;1H3. The molecule has 0 fully saturated rings. The summed E-state index contributed by atoms with van der Waals surface area (Å²) < 4.78 is 0. The average Bonchev–Trinajstić information content (AvgIpc) is 2.07. The van der Waals surface area contributed by atoms with E-state index in [1.165, 1.54) is 0 Å². The third-order valence-corrected chi connectivity index (χ3v) is 1.67. The second-order valence-corrected chi connectivity index (χ2v) is 2.65. The monoisotopic (exact) mass is 167 g/mol. The highest BCUT2D eigenvalue weighted by Gasteiger charge is 2.03. The Morgan fingerprint density at radius 2 is 2.25 bits per heavy atom. The maximum absolute atomic E-state index is 5.84. The van der Waals surface area contributed by atoms with E-state index < -0.39 is 0 Å². The lowest BCUT2D eigenvalue weighted by atomic mass is 10.1. The van der Waals surface area contributed by atoms with Gasteiger partial charge < -0.3 is 11.9 Å². The van der Waals surface area contributed by atoms with Crippen molar-refractivity contribution in [1.82, 2.24) is 11.1 Å². The molecule has 0 saturated carbocycles. The number of hydrogen-bond acceptors (Lipinski definition) is 3. The fourth-order valence-electron chi connectivity index (χ4n) is 1.05. The van der Waals surface area contributed by atoms with Crippen LogP contribution < -0.4 is 11.9 Å². The van der Waals surface area contributed by atoms with Gasteiger partial charge in [0.05, 0.1) is 5.69 Å². The molecule has 68 valence electrons. The molecule has 0 bridgehead atoms. The molecule has 0 spiro atoms. The van der Waals surface area contributed by atoms with E-state index >= 15 is 0 Å². The van der Waals surface area contributed by atoms with Gasteiger partial charge in [-0.1, -0.05) is 19.4 Å². The lowest BCUT2D eigenvalue weighted by Gasteiger charge is -2.07. The molecule has 1 heterocycles. The zero-order valence-electron chi connectivity index (χ0n) is 7.53. The molecule has 3 heteroatoms. The maximum Gasteiger partial charge on any atom is 0.0570 e. The maximum atomic E-state index is 5.84. The SMILES string of the molecule is CCCC(N)c1ccccn1.N. The Morgan fingerprint density at radius 1 is 1.50 bits per heavy atom. The second kappa shape index (κ2) is 5.69. The van der Waals surface area contributed by atoms with E-state index in [1.807, 2.05) is 18.2 Å². The molecule has 1 unspecified atom stereocenters. The topological polar surface area (TPSA) is 73.9 Å². The number of hydrogen-bond donors (Lipinski definition) is 2. The molecule has 1 atom stereocenters. The fraction of sp³-hybridized carbons (Fsp3) is 0.444. The van der Waals surface area contributed by atoms with Crippen LogP contribution in [0.1, 0.15) is 31.5 Å². The number of nitrogens with two attached hydrogens (primary N) is 1. The quantitative estimate of drug-likeness (QED) is 0.723. The number of pyridine rings is 1. The molecule has 0 aromatic carbocycles. The molecule has 3 nitrogen and oxygen atoms in total. The third kappa shape index (κ3) is 2.98. The first-order chi connectivity index (χ1) is 5.34. The fourth-order valence-corrected chi connectivity index (χ4v) is 1.05. The molecule has 1 aromatic rings. The van der Waals surface area contributed by atoms with Crippen molar-refractivity contribution in [1.29, 1.82) is 0 Å². The molecule has 0 aliphatic rings. The predicted molar refractivity (Wildman–Crippen MR) is 51.1 cm³/mol. The van der Waals surface area contributed by atoms with Crippen LogP contribution in [-0.4, -0.2) is 4.98 Å². The lowest BCUT2D eigenvalue weighted by molar-refractivity contribution is 0.622. The first-order valence-electron chi connectivity index (χ1n) is 4.01. The number of aromatic nitrogens is 1.